The fraction of sp³-hybridized carbons (Fsp3) is 0.538. The smallest absolute Gasteiger partial charge is 0.224 e. The van der Waals surface area contributed by atoms with Crippen molar-refractivity contribution in [1.82, 2.24) is 4.98 Å². The fourth-order valence-electron chi connectivity index (χ4n) is 1.85. The fourth-order valence-corrected chi connectivity index (χ4v) is 2.09. The van der Waals surface area contributed by atoms with Crippen LogP contribution in [-0.4, -0.2) is 17.4 Å². The lowest BCUT2D eigenvalue weighted by molar-refractivity contribution is -0.117. The summed E-state index contributed by atoms with van der Waals surface area (Å²) in [6, 6.07) is 3.61. The van der Waals surface area contributed by atoms with Gasteiger partial charge in [-0.15, -0.1) is 0 Å². The van der Waals surface area contributed by atoms with Crippen LogP contribution in [0.1, 0.15) is 26.7 Å². The standard InChI is InChI=1S/C13H20BrN3O/c1-9(2)5-10(7-15)6-13(18)17-11-3-4-12(14)16-8-11/h3-4,8-10H,5-7,15H2,1-2H3,(H,17,18)/t10-/m0/s1. The van der Waals surface area contributed by atoms with Gasteiger partial charge in [0.15, 0.2) is 0 Å². The molecule has 0 radical (unpaired) electrons. The Morgan fingerprint density at radius 2 is 2.22 bits per heavy atom. The first-order valence-corrected chi connectivity index (χ1v) is 6.92. The molecule has 18 heavy (non-hydrogen) atoms. The van der Waals surface area contributed by atoms with Crippen molar-refractivity contribution >= 4 is 27.5 Å². The van der Waals surface area contributed by atoms with Crippen LogP contribution in [0.5, 0.6) is 0 Å². The number of carbonyl (C=O) groups excluding carboxylic acids is 1. The molecule has 1 rings (SSSR count). The van der Waals surface area contributed by atoms with Gasteiger partial charge in [-0.25, -0.2) is 4.98 Å². The lowest BCUT2D eigenvalue weighted by Crippen LogP contribution is -2.23. The Morgan fingerprint density at radius 3 is 2.72 bits per heavy atom. The quantitative estimate of drug-likeness (QED) is 0.793. The summed E-state index contributed by atoms with van der Waals surface area (Å²) in [5.74, 6) is 0.796. The number of halogens is 1. The molecule has 0 saturated heterocycles. The van der Waals surface area contributed by atoms with E-state index in [0.29, 0.717) is 24.6 Å². The molecule has 0 aromatic carbocycles. The third-order valence-corrected chi connectivity index (χ3v) is 3.09. The van der Waals surface area contributed by atoms with E-state index < -0.39 is 0 Å². The molecule has 0 aliphatic heterocycles. The second-order valence-corrected chi connectivity index (χ2v) is 5.67. The summed E-state index contributed by atoms with van der Waals surface area (Å²) in [6.45, 7) is 4.82. The largest absolute Gasteiger partial charge is 0.330 e. The van der Waals surface area contributed by atoms with Crippen LogP contribution in [0.25, 0.3) is 0 Å². The number of pyridine rings is 1. The molecule has 0 aliphatic rings. The highest BCUT2D eigenvalue weighted by molar-refractivity contribution is 9.10. The van der Waals surface area contributed by atoms with Gasteiger partial charge in [0.25, 0.3) is 0 Å². The van der Waals surface area contributed by atoms with Crippen molar-refractivity contribution in [2.75, 3.05) is 11.9 Å². The summed E-state index contributed by atoms with van der Waals surface area (Å²) in [4.78, 5) is 15.9. The van der Waals surface area contributed by atoms with Crippen LogP contribution in [0.4, 0.5) is 5.69 Å². The normalized spacial score (nSPS) is 12.5. The summed E-state index contributed by atoms with van der Waals surface area (Å²) in [5.41, 5.74) is 6.40. The molecule has 1 heterocycles. The van der Waals surface area contributed by atoms with Crippen LogP contribution in [0.3, 0.4) is 0 Å². The maximum Gasteiger partial charge on any atom is 0.224 e. The molecule has 100 valence electrons. The molecule has 3 N–H and O–H groups in total. The summed E-state index contributed by atoms with van der Waals surface area (Å²) in [7, 11) is 0. The number of amides is 1. The zero-order valence-corrected chi connectivity index (χ0v) is 12.4. The van der Waals surface area contributed by atoms with Crippen LogP contribution in [-0.2, 0) is 4.79 Å². The van der Waals surface area contributed by atoms with Gasteiger partial charge < -0.3 is 11.1 Å². The monoisotopic (exact) mass is 313 g/mol. The highest BCUT2D eigenvalue weighted by atomic mass is 79.9. The van der Waals surface area contributed by atoms with E-state index in [2.05, 4.69) is 40.1 Å². The van der Waals surface area contributed by atoms with Crippen LogP contribution in [0.15, 0.2) is 22.9 Å². The van der Waals surface area contributed by atoms with E-state index in [-0.39, 0.29) is 11.8 Å². The van der Waals surface area contributed by atoms with Crippen molar-refractivity contribution in [2.45, 2.75) is 26.7 Å². The molecule has 0 saturated carbocycles. The Hall–Kier alpha value is -0.940. The molecule has 0 bridgehead atoms. The van der Waals surface area contributed by atoms with E-state index >= 15 is 0 Å². The van der Waals surface area contributed by atoms with Gasteiger partial charge in [-0.05, 0) is 52.9 Å². The first kappa shape index (κ1) is 15.1. The van der Waals surface area contributed by atoms with Gasteiger partial charge in [-0.3, -0.25) is 4.79 Å². The number of hydrogen-bond donors (Lipinski definition) is 2. The third-order valence-electron chi connectivity index (χ3n) is 2.62. The molecule has 0 aliphatic carbocycles. The predicted octanol–water partition coefficient (Wildman–Crippen LogP) is 2.79. The van der Waals surface area contributed by atoms with Crippen LogP contribution >= 0.6 is 15.9 Å². The van der Waals surface area contributed by atoms with Gasteiger partial charge in [-0.1, -0.05) is 13.8 Å². The lowest BCUT2D eigenvalue weighted by atomic mass is 9.94. The first-order chi connectivity index (χ1) is 8.51. The van der Waals surface area contributed by atoms with E-state index in [0.717, 1.165) is 11.0 Å². The van der Waals surface area contributed by atoms with Crippen molar-refractivity contribution in [2.24, 2.45) is 17.6 Å². The molecule has 1 amide bonds. The van der Waals surface area contributed by atoms with E-state index in [1.54, 1.807) is 12.3 Å². The maximum atomic E-state index is 11.8. The summed E-state index contributed by atoms with van der Waals surface area (Å²) < 4.78 is 0.750. The van der Waals surface area contributed by atoms with Crippen LogP contribution in [0.2, 0.25) is 0 Å². The molecular formula is C13H20BrN3O. The molecule has 1 atom stereocenters. The minimum absolute atomic E-state index is 0.00442. The molecule has 1 aromatic heterocycles. The van der Waals surface area contributed by atoms with Gasteiger partial charge >= 0.3 is 0 Å². The maximum absolute atomic E-state index is 11.8. The number of nitrogens with one attached hydrogen (secondary N) is 1. The van der Waals surface area contributed by atoms with Gasteiger partial charge in [-0.2, -0.15) is 0 Å². The van der Waals surface area contributed by atoms with Gasteiger partial charge in [0.05, 0.1) is 11.9 Å². The molecule has 4 nitrogen and oxygen atoms in total. The SMILES string of the molecule is CC(C)C[C@H](CN)CC(=O)Nc1ccc(Br)nc1. The Kier molecular flexibility index (Phi) is 6.29. The number of nitrogens with two attached hydrogens (primary N) is 1. The van der Waals surface area contributed by atoms with E-state index in [4.69, 9.17) is 5.73 Å². The number of hydrogen-bond acceptors (Lipinski definition) is 3. The summed E-state index contributed by atoms with van der Waals surface area (Å²) in [6.07, 6.45) is 3.06. The Bertz CT molecular complexity index is 378. The van der Waals surface area contributed by atoms with Crippen molar-refractivity contribution in [3.8, 4) is 0 Å². The predicted molar refractivity (Wildman–Crippen MR) is 77.2 cm³/mol. The minimum atomic E-state index is -0.00442. The number of rotatable bonds is 6. The van der Waals surface area contributed by atoms with E-state index in [1.807, 2.05) is 6.07 Å². The van der Waals surface area contributed by atoms with Crippen LogP contribution < -0.4 is 11.1 Å². The highest BCUT2D eigenvalue weighted by Crippen LogP contribution is 2.16. The Morgan fingerprint density at radius 1 is 1.50 bits per heavy atom. The Labute approximate surface area is 116 Å². The summed E-state index contributed by atoms with van der Waals surface area (Å²) in [5, 5.41) is 2.83. The third kappa shape index (κ3) is 5.60. The Balaban J connectivity index is 2.47. The van der Waals surface area contributed by atoms with Gasteiger partial charge in [0.2, 0.25) is 5.91 Å². The van der Waals surface area contributed by atoms with E-state index in [9.17, 15) is 4.79 Å². The lowest BCUT2D eigenvalue weighted by Gasteiger charge is -2.16. The van der Waals surface area contributed by atoms with Crippen molar-refractivity contribution in [1.29, 1.82) is 0 Å². The average Bonchev–Trinajstić information content (AvgIpc) is 2.30. The van der Waals surface area contributed by atoms with Crippen molar-refractivity contribution < 1.29 is 4.79 Å². The van der Waals surface area contributed by atoms with Crippen LogP contribution in [0, 0.1) is 11.8 Å². The second-order valence-electron chi connectivity index (χ2n) is 4.85. The van der Waals surface area contributed by atoms with E-state index in [1.165, 1.54) is 0 Å². The molecule has 5 heteroatoms. The molecule has 0 fully saturated rings. The average molecular weight is 314 g/mol. The number of aromatic nitrogens is 1. The summed E-state index contributed by atoms with van der Waals surface area (Å²) >= 11 is 3.25. The molecular weight excluding hydrogens is 294 g/mol. The molecule has 1 aromatic rings. The number of anilines is 1. The number of carbonyl (C=O) groups is 1. The van der Waals surface area contributed by atoms with Crippen molar-refractivity contribution in [3.63, 3.8) is 0 Å². The molecule has 0 spiro atoms. The van der Waals surface area contributed by atoms with Crippen molar-refractivity contribution in [3.05, 3.63) is 22.9 Å². The topological polar surface area (TPSA) is 68.0 Å². The zero-order valence-electron chi connectivity index (χ0n) is 10.8. The minimum Gasteiger partial charge on any atom is -0.330 e. The highest BCUT2D eigenvalue weighted by Gasteiger charge is 2.14. The molecule has 0 unspecified atom stereocenters. The number of nitrogens with zero attached hydrogens (tertiary/aromatic N) is 1. The first-order valence-electron chi connectivity index (χ1n) is 6.12. The second kappa shape index (κ2) is 7.48. The van der Waals surface area contributed by atoms with Gasteiger partial charge in [0.1, 0.15) is 4.60 Å². The van der Waals surface area contributed by atoms with Gasteiger partial charge in [0, 0.05) is 6.42 Å². The zero-order chi connectivity index (χ0) is 13.5.